The van der Waals surface area contributed by atoms with Gasteiger partial charge in [0.05, 0.1) is 11.3 Å². The van der Waals surface area contributed by atoms with E-state index < -0.39 is 23.4 Å². The molecular weight excluding hydrogens is 374 g/mol. The van der Waals surface area contributed by atoms with Gasteiger partial charge in [0.1, 0.15) is 5.16 Å². The fourth-order valence-corrected chi connectivity index (χ4v) is 6.50. The first-order valence-corrected chi connectivity index (χ1v) is 12.4. The highest BCUT2D eigenvalue weighted by Gasteiger charge is 2.44. The van der Waals surface area contributed by atoms with Crippen molar-refractivity contribution in [3.63, 3.8) is 0 Å². The van der Waals surface area contributed by atoms with Gasteiger partial charge in [-0.3, -0.25) is 0 Å². The highest BCUT2D eigenvalue weighted by molar-refractivity contribution is 8.11. The lowest BCUT2D eigenvalue weighted by Crippen LogP contribution is -2.40. The van der Waals surface area contributed by atoms with Gasteiger partial charge < -0.3 is 23.4 Å². The van der Waals surface area contributed by atoms with Gasteiger partial charge >= 0.3 is 0 Å². The van der Waals surface area contributed by atoms with Crippen LogP contribution in [0.15, 0.2) is 0 Å². The maximum atomic E-state index is 9.59. The minimum Gasteiger partial charge on any atom is -0.332 e. The molecule has 0 aromatic heterocycles. The van der Waals surface area contributed by atoms with Crippen molar-refractivity contribution in [1.29, 1.82) is 5.26 Å². The summed E-state index contributed by atoms with van der Waals surface area (Å²) in [6.07, 6.45) is 1.93. The molecule has 0 spiro atoms. The van der Waals surface area contributed by atoms with E-state index in [1.165, 1.54) is 14.2 Å². The maximum Gasteiger partial charge on any atom is 0.208 e. The lowest BCUT2D eigenvalue weighted by Gasteiger charge is -2.39. The Bertz CT molecular complexity index is 513. The maximum absolute atomic E-state index is 9.59. The van der Waals surface area contributed by atoms with Gasteiger partial charge in [-0.1, -0.05) is 0 Å². The second-order valence-corrected chi connectivity index (χ2v) is 13.8. The Morgan fingerprint density at radius 1 is 0.957 bits per heavy atom. The summed E-state index contributed by atoms with van der Waals surface area (Å²) in [5, 5.41) is 11.5. The molecule has 0 rings (SSSR count). The summed E-state index contributed by atoms with van der Waals surface area (Å²) >= 11 is 11.0. The average Bonchev–Trinajstić information content (AvgIpc) is 2.59. The first kappa shape index (κ1) is 23.6. The molecule has 2 atom stereocenters. The first-order valence-electron chi connectivity index (χ1n) is 7.11. The predicted molar refractivity (Wildman–Crippen MR) is 102 cm³/mol. The highest BCUT2D eigenvalue weighted by Crippen LogP contribution is 2.62. The van der Waals surface area contributed by atoms with Gasteiger partial charge in [0, 0.05) is 28.4 Å². The van der Waals surface area contributed by atoms with Gasteiger partial charge in [-0.2, -0.15) is 5.26 Å². The number of nitrogens with zero attached hydrogens (tertiary/aromatic N) is 1. The van der Waals surface area contributed by atoms with E-state index in [0.717, 1.165) is 0 Å². The molecule has 0 fully saturated rings. The largest absolute Gasteiger partial charge is 0.332 e. The first-order chi connectivity index (χ1) is 10.6. The Balaban J connectivity index is 5.22. The molecule has 0 aromatic rings. The van der Waals surface area contributed by atoms with Crippen molar-refractivity contribution in [1.82, 2.24) is 5.32 Å². The average molecular weight is 402 g/mol. The Kier molecular flexibility index (Phi) is 9.57. The van der Waals surface area contributed by atoms with Crippen molar-refractivity contribution in [3.8, 4) is 6.07 Å². The summed E-state index contributed by atoms with van der Waals surface area (Å²) in [6.45, 7) is -1.39. The van der Waals surface area contributed by atoms with Crippen LogP contribution >= 0.6 is 13.0 Å². The van der Waals surface area contributed by atoms with Crippen LogP contribution in [0, 0.1) is 11.3 Å². The summed E-state index contributed by atoms with van der Waals surface area (Å²) in [7, 11) is 7.95. The Hall–Kier alpha value is 0.590. The molecule has 0 aromatic carbocycles. The number of hydrogen-bond donors (Lipinski definition) is 1. The quantitative estimate of drug-likeness (QED) is 0.526. The summed E-state index contributed by atoms with van der Waals surface area (Å²) in [4.78, 5) is 0. The van der Waals surface area contributed by atoms with Crippen LogP contribution in [0.5, 0.6) is 0 Å². The zero-order valence-electron chi connectivity index (χ0n) is 14.9. The van der Waals surface area contributed by atoms with E-state index in [1.54, 1.807) is 21.1 Å². The van der Waals surface area contributed by atoms with Gasteiger partial charge in [0.25, 0.3) is 0 Å². The van der Waals surface area contributed by atoms with Crippen molar-refractivity contribution in [2.24, 2.45) is 0 Å². The summed E-state index contributed by atoms with van der Waals surface area (Å²) in [5.41, 5.74) is 0. The van der Waals surface area contributed by atoms with E-state index >= 15 is 0 Å². The molecule has 136 valence electrons. The fourth-order valence-electron chi connectivity index (χ4n) is 2.38. The van der Waals surface area contributed by atoms with Crippen molar-refractivity contribution in [2.45, 2.75) is 43.5 Å². The van der Waals surface area contributed by atoms with Crippen molar-refractivity contribution in [3.05, 3.63) is 0 Å². The zero-order valence-corrected chi connectivity index (χ0v) is 18.3. The van der Waals surface area contributed by atoms with Crippen LogP contribution in [-0.4, -0.2) is 45.9 Å². The second kappa shape index (κ2) is 9.33. The van der Waals surface area contributed by atoms with Gasteiger partial charge in [0.2, 0.25) is 13.0 Å². The molecule has 0 bridgehead atoms. The van der Waals surface area contributed by atoms with Crippen molar-refractivity contribution < 1.29 is 18.1 Å². The molecule has 2 unspecified atom stereocenters. The third-order valence-electron chi connectivity index (χ3n) is 4.28. The van der Waals surface area contributed by atoms with E-state index in [0.29, 0.717) is 19.3 Å². The van der Waals surface area contributed by atoms with Crippen LogP contribution in [0.4, 0.5) is 0 Å². The third-order valence-corrected chi connectivity index (χ3v) is 13.6. The molecule has 0 aliphatic heterocycles. The van der Waals surface area contributed by atoms with Crippen LogP contribution in [0.2, 0.25) is 0 Å². The molecule has 0 radical (unpaired) electrons. The topological polar surface area (TPSA) is 72.7 Å². The SMILES string of the molecule is CNC(C)(CCCC(C)(C#N)P(=S)(OC)OC)P(=S)(OC)OC. The monoisotopic (exact) mass is 402 g/mol. The summed E-state index contributed by atoms with van der Waals surface area (Å²) in [5.74, 6) is 0. The second-order valence-electron chi connectivity index (χ2n) is 5.49. The minimum atomic E-state index is -2.68. The molecule has 1 N–H and O–H groups in total. The van der Waals surface area contributed by atoms with E-state index in [4.69, 9.17) is 41.7 Å². The van der Waals surface area contributed by atoms with Crippen LogP contribution < -0.4 is 5.32 Å². The molecule has 23 heavy (non-hydrogen) atoms. The minimum absolute atomic E-state index is 0.495. The smallest absolute Gasteiger partial charge is 0.208 e. The van der Waals surface area contributed by atoms with Gasteiger partial charge in [-0.05, 0) is 63.8 Å². The van der Waals surface area contributed by atoms with Crippen molar-refractivity contribution in [2.75, 3.05) is 35.5 Å². The molecule has 0 amide bonds. The summed E-state index contributed by atoms with van der Waals surface area (Å²) in [6, 6.07) is 2.29. The third kappa shape index (κ3) is 4.82. The molecule has 10 heteroatoms. The van der Waals surface area contributed by atoms with E-state index in [-0.39, 0.29) is 0 Å². The molecule has 0 aliphatic carbocycles. The van der Waals surface area contributed by atoms with Crippen LogP contribution in [-0.2, 0) is 41.7 Å². The van der Waals surface area contributed by atoms with E-state index in [2.05, 4.69) is 11.4 Å². The van der Waals surface area contributed by atoms with Gasteiger partial charge in [-0.15, -0.1) is 0 Å². The molecule has 0 saturated heterocycles. The van der Waals surface area contributed by atoms with Gasteiger partial charge in [0.15, 0.2) is 0 Å². The Morgan fingerprint density at radius 3 is 1.70 bits per heavy atom. The molecule has 0 heterocycles. The number of nitriles is 1. The standard InChI is InChI=1S/C13H28N2O4P2S2/c1-12(11-14,20(22,16-4)17-5)9-8-10-13(2,15-3)21(23,18-6)19-7/h15H,8-10H2,1-7H3. The number of nitrogens with one attached hydrogen (secondary N) is 1. The lowest BCUT2D eigenvalue weighted by molar-refractivity contribution is 0.285. The van der Waals surface area contributed by atoms with E-state index in [9.17, 15) is 5.26 Å². The highest BCUT2D eigenvalue weighted by atomic mass is 32.5. The normalized spacial score (nSPS) is 18.0. The lowest BCUT2D eigenvalue weighted by atomic mass is 10.0. The number of rotatable bonds is 11. The van der Waals surface area contributed by atoms with Crippen LogP contribution in [0.1, 0.15) is 33.1 Å². The summed E-state index contributed by atoms with van der Waals surface area (Å²) < 4.78 is 21.7. The molecule has 0 saturated carbocycles. The predicted octanol–water partition coefficient (Wildman–Crippen LogP) is 3.58. The number of hydrogen-bond acceptors (Lipinski definition) is 8. The molecule has 6 nitrogen and oxygen atoms in total. The van der Waals surface area contributed by atoms with Gasteiger partial charge in [-0.25, -0.2) is 0 Å². The van der Waals surface area contributed by atoms with E-state index in [1.807, 2.05) is 14.0 Å². The molecule has 0 aliphatic rings. The fraction of sp³-hybridized carbons (Fsp3) is 0.923. The van der Waals surface area contributed by atoms with Crippen LogP contribution in [0.25, 0.3) is 0 Å². The van der Waals surface area contributed by atoms with Crippen molar-refractivity contribution >= 4 is 36.6 Å². The van der Waals surface area contributed by atoms with Crippen LogP contribution in [0.3, 0.4) is 0 Å². The Morgan fingerprint density at radius 2 is 1.39 bits per heavy atom. The molecular formula is C13H28N2O4P2S2. The Labute approximate surface area is 150 Å². The zero-order chi connectivity index (χ0) is 18.4.